The topological polar surface area (TPSA) is 0 Å². The molecule has 1 rings (SSSR count). The molecular formula is C8H9HgS2. The van der Waals surface area contributed by atoms with E-state index in [0.717, 1.165) is 26.1 Å². The summed E-state index contributed by atoms with van der Waals surface area (Å²) in [6.07, 6.45) is 4.27. The van der Waals surface area contributed by atoms with Crippen molar-refractivity contribution >= 4 is 26.6 Å². The van der Waals surface area contributed by atoms with Crippen LogP contribution in [0.25, 0.3) is 0 Å². The molecule has 0 nitrogen and oxygen atoms in total. The Balaban J connectivity index is 3.02. The molecule has 0 unspecified atom stereocenters. The van der Waals surface area contributed by atoms with Gasteiger partial charge in [-0.2, -0.15) is 0 Å². The van der Waals surface area contributed by atoms with Crippen LogP contribution in [0.5, 0.6) is 0 Å². The summed E-state index contributed by atoms with van der Waals surface area (Å²) in [6, 6.07) is 6.77. The third-order valence-electron chi connectivity index (χ3n) is 1.49. The molecule has 3 heteroatoms. The van der Waals surface area contributed by atoms with Crippen LogP contribution in [0.15, 0.2) is 28.0 Å². The van der Waals surface area contributed by atoms with Crippen molar-refractivity contribution in [1.29, 1.82) is 0 Å². The zero-order chi connectivity index (χ0) is 8.27. The average molecular weight is 370 g/mol. The third-order valence-corrected chi connectivity index (χ3v) is 6.43. The second-order valence-electron chi connectivity index (χ2n) is 2.18. The van der Waals surface area contributed by atoms with Crippen molar-refractivity contribution in [3.63, 3.8) is 0 Å². The van der Waals surface area contributed by atoms with Crippen LogP contribution in [0, 0.1) is 0 Å². The first-order valence-electron chi connectivity index (χ1n) is 3.32. The van der Waals surface area contributed by atoms with Crippen LogP contribution in [-0.4, -0.2) is 12.5 Å². The predicted octanol–water partition coefficient (Wildman–Crippen LogP) is 2.30. The molecule has 0 aromatic heterocycles. The molecule has 0 aliphatic rings. The van der Waals surface area contributed by atoms with E-state index in [1.807, 2.05) is 23.5 Å². The molecule has 0 heterocycles. The maximum absolute atomic E-state index is 2.29. The van der Waals surface area contributed by atoms with E-state index in [1.165, 1.54) is 9.79 Å². The Kier molecular flexibility index (Phi) is 4.32. The monoisotopic (exact) mass is 371 g/mol. The molecule has 0 spiro atoms. The summed E-state index contributed by atoms with van der Waals surface area (Å²) in [7, 11) is 0. The fourth-order valence-electron chi connectivity index (χ4n) is 0.852. The zero-order valence-electron chi connectivity index (χ0n) is 6.76. The van der Waals surface area contributed by atoms with E-state index in [4.69, 9.17) is 0 Å². The Bertz CT molecular complexity index is 248. The molecule has 0 atom stereocenters. The van der Waals surface area contributed by atoms with Gasteiger partial charge in [0.15, 0.2) is 0 Å². The van der Waals surface area contributed by atoms with Crippen molar-refractivity contribution < 1.29 is 26.1 Å². The van der Waals surface area contributed by atoms with Crippen LogP contribution in [-0.2, 0) is 26.1 Å². The first kappa shape index (κ1) is 9.94. The molecule has 0 amide bonds. The standard InChI is InChI=1S/C8H9S2.Hg/c1-9-7-4-3-5-8(6-7)10-2;/h3-4,6H,1-2H3;. The van der Waals surface area contributed by atoms with Gasteiger partial charge in [0, 0.05) is 0 Å². The molecular weight excluding hydrogens is 361 g/mol. The van der Waals surface area contributed by atoms with Gasteiger partial charge in [0.25, 0.3) is 0 Å². The molecule has 0 radical (unpaired) electrons. The fourth-order valence-corrected chi connectivity index (χ4v) is 4.48. The van der Waals surface area contributed by atoms with Gasteiger partial charge in [-0.05, 0) is 0 Å². The second-order valence-corrected chi connectivity index (χ2v) is 6.87. The number of thioether (sulfide) groups is 2. The van der Waals surface area contributed by atoms with Crippen molar-refractivity contribution in [2.24, 2.45) is 0 Å². The van der Waals surface area contributed by atoms with Crippen LogP contribution >= 0.6 is 23.5 Å². The van der Waals surface area contributed by atoms with Crippen LogP contribution in [0.2, 0.25) is 0 Å². The van der Waals surface area contributed by atoms with Crippen molar-refractivity contribution in [3.05, 3.63) is 18.2 Å². The van der Waals surface area contributed by atoms with Gasteiger partial charge in [0.2, 0.25) is 0 Å². The normalized spacial score (nSPS) is 10.2. The molecule has 11 heavy (non-hydrogen) atoms. The SMILES string of the molecule is CSc1cc[c]([Hg])c(SC)c1. The average Bonchev–Trinajstić information content (AvgIpc) is 2.05. The molecule has 0 fully saturated rings. The number of rotatable bonds is 2. The molecule has 0 saturated carbocycles. The van der Waals surface area contributed by atoms with Gasteiger partial charge in [-0.1, -0.05) is 0 Å². The minimum absolute atomic E-state index is 0.758. The van der Waals surface area contributed by atoms with Crippen molar-refractivity contribution in [2.75, 3.05) is 12.5 Å². The Morgan fingerprint density at radius 1 is 1.18 bits per heavy atom. The van der Waals surface area contributed by atoms with Gasteiger partial charge in [0.1, 0.15) is 0 Å². The van der Waals surface area contributed by atoms with Gasteiger partial charge >= 0.3 is 93.2 Å². The van der Waals surface area contributed by atoms with E-state index in [-0.39, 0.29) is 0 Å². The van der Waals surface area contributed by atoms with E-state index in [2.05, 4.69) is 30.7 Å². The first-order valence-corrected chi connectivity index (χ1v) is 8.51. The summed E-state index contributed by atoms with van der Waals surface area (Å²) >= 11 is 4.43. The fraction of sp³-hybridized carbons (Fsp3) is 0.250. The summed E-state index contributed by atoms with van der Waals surface area (Å²) in [5, 5.41) is 0. The molecule has 0 bridgehead atoms. The molecule has 0 saturated heterocycles. The summed E-state index contributed by atoms with van der Waals surface area (Å²) in [4.78, 5) is 2.85. The predicted molar refractivity (Wildman–Crippen MR) is 49.6 cm³/mol. The summed E-state index contributed by atoms with van der Waals surface area (Å²) in [5.41, 5.74) is 0. The van der Waals surface area contributed by atoms with Crippen LogP contribution in [0.4, 0.5) is 0 Å². The molecule has 0 aliphatic heterocycles. The Morgan fingerprint density at radius 3 is 2.45 bits per heavy atom. The van der Waals surface area contributed by atoms with Gasteiger partial charge in [-0.25, -0.2) is 0 Å². The van der Waals surface area contributed by atoms with Crippen molar-refractivity contribution in [3.8, 4) is 0 Å². The first-order chi connectivity index (χ1) is 5.27. The van der Waals surface area contributed by atoms with E-state index < -0.39 is 0 Å². The summed E-state index contributed by atoms with van der Waals surface area (Å²) in [6.45, 7) is 0. The number of hydrogen-bond donors (Lipinski definition) is 0. The van der Waals surface area contributed by atoms with Crippen LogP contribution in [0.3, 0.4) is 0 Å². The molecule has 0 aliphatic carbocycles. The number of hydrogen-bond acceptors (Lipinski definition) is 2. The van der Waals surface area contributed by atoms with Gasteiger partial charge in [0.05, 0.1) is 0 Å². The van der Waals surface area contributed by atoms with Crippen molar-refractivity contribution in [1.82, 2.24) is 0 Å². The van der Waals surface area contributed by atoms with E-state index in [1.54, 1.807) is 3.07 Å². The van der Waals surface area contributed by atoms with Crippen LogP contribution in [0.1, 0.15) is 0 Å². The third kappa shape index (κ3) is 2.67. The Morgan fingerprint density at radius 2 is 1.91 bits per heavy atom. The Labute approximate surface area is 92.5 Å². The molecule has 0 N–H and O–H groups in total. The molecule has 55 valence electrons. The van der Waals surface area contributed by atoms with Crippen LogP contribution < -0.4 is 3.07 Å². The Hall–Kier alpha value is 0.855. The van der Waals surface area contributed by atoms with E-state index in [9.17, 15) is 0 Å². The summed E-state index contributed by atoms with van der Waals surface area (Å²) in [5.74, 6) is 0. The zero-order valence-corrected chi connectivity index (χ0v) is 13.9. The van der Waals surface area contributed by atoms with Gasteiger partial charge in [-0.3, -0.25) is 0 Å². The summed E-state index contributed by atoms with van der Waals surface area (Å²) < 4.78 is 1.57. The maximum atomic E-state index is 2.29. The van der Waals surface area contributed by atoms with Gasteiger partial charge < -0.3 is 0 Å². The van der Waals surface area contributed by atoms with Crippen molar-refractivity contribution in [2.45, 2.75) is 9.79 Å². The molecule has 1 aromatic carbocycles. The van der Waals surface area contributed by atoms with Gasteiger partial charge in [-0.15, -0.1) is 0 Å². The molecule has 1 aromatic rings. The quantitative estimate of drug-likeness (QED) is 0.579. The number of benzene rings is 1. The minimum atomic E-state index is 0.758. The second kappa shape index (κ2) is 4.78. The van der Waals surface area contributed by atoms with E-state index >= 15 is 0 Å². The van der Waals surface area contributed by atoms with E-state index in [0.29, 0.717) is 0 Å².